The van der Waals surface area contributed by atoms with Crippen molar-refractivity contribution in [3.05, 3.63) is 12.7 Å². The predicted octanol–water partition coefficient (Wildman–Crippen LogP) is -0.467. The smallest absolute Gasteiger partial charge is 0.167 e. The van der Waals surface area contributed by atoms with E-state index in [9.17, 15) is 10.2 Å². The van der Waals surface area contributed by atoms with E-state index in [0.717, 1.165) is 18.6 Å². The molecule has 1 aliphatic heterocycles. The summed E-state index contributed by atoms with van der Waals surface area (Å²) in [6, 6.07) is 0. The number of nitrogen functional groups attached to an aromatic ring is 1. The van der Waals surface area contributed by atoms with Gasteiger partial charge in [0.05, 0.1) is 12.4 Å². The van der Waals surface area contributed by atoms with Gasteiger partial charge < -0.3 is 25.8 Å². The molecule has 0 saturated carbocycles. The fourth-order valence-electron chi connectivity index (χ4n) is 2.67. The van der Waals surface area contributed by atoms with E-state index < -0.39 is 24.5 Å². The zero-order valence-electron chi connectivity index (χ0n) is 13.0. The summed E-state index contributed by atoms with van der Waals surface area (Å²) in [6.07, 6.45) is 1.13. The molecule has 5 N–H and O–H groups in total. The Balaban J connectivity index is 1.69. The Hall–Kier alpha value is -1.46. The molecule has 1 aliphatic rings. The Morgan fingerprint density at radius 2 is 2.04 bits per heavy atom. The molecule has 1 saturated heterocycles. The van der Waals surface area contributed by atoms with Gasteiger partial charge in [-0.25, -0.2) is 15.0 Å². The average molecular weight is 355 g/mol. The van der Waals surface area contributed by atoms with Crippen molar-refractivity contribution < 1.29 is 20.1 Å². The van der Waals surface area contributed by atoms with Crippen LogP contribution in [-0.4, -0.2) is 71.3 Å². The number of unbranched alkanes of at least 4 members (excludes halogenated alkanes) is 1. The molecule has 3 rings (SSSR count). The minimum atomic E-state index is -1.08. The first kappa shape index (κ1) is 17.4. The number of aliphatic hydroxyl groups excluding tert-OH is 3. The minimum Gasteiger partial charge on any atom is -0.396 e. The number of aromatic nitrogens is 4. The summed E-state index contributed by atoms with van der Waals surface area (Å²) in [5.74, 6) is 1.68. The summed E-state index contributed by atoms with van der Waals surface area (Å²) in [7, 11) is 0. The van der Waals surface area contributed by atoms with Crippen molar-refractivity contribution in [1.29, 1.82) is 0 Å². The summed E-state index contributed by atoms with van der Waals surface area (Å²) < 4.78 is 7.40. The number of nitrogens with two attached hydrogens (primary N) is 1. The van der Waals surface area contributed by atoms with Crippen LogP contribution in [0.25, 0.3) is 11.2 Å². The molecule has 9 nitrogen and oxygen atoms in total. The fraction of sp³-hybridized carbons (Fsp3) is 0.643. The maximum atomic E-state index is 10.3. The van der Waals surface area contributed by atoms with Gasteiger partial charge in [-0.05, 0) is 18.6 Å². The van der Waals surface area contributed by atoms with Crippen molar-refractivity contribution in [1.82, 2.24) is 19.5 Å². The van der Waals surface area contributed by atoms with E-state index in [-0.39, 0.29) is 12.4 Å². The largest absolute Gasteiger partial charge is 0.396 e. The van der Waals surface area contributed by atoms with Crippen LogP contribution in [0, 0.1) is 0 Å². The average Bonchev–Trinajstić information content (AvgIpc) is 3.12. The van der Waals surface area contributed by atoms with Crippen LogP contribution in [-0.2, 0) is 4.74 Å². The molecule has 0 unspecified atom stereocenters. The Morgan fingerprint density at radius 3 is 2.83 bits per heavy atom. The zero-order valence-corrected chi connectivity index (χ0v) is 13.8. The number of rotatable bonds is 7. The van der Waals surface area contributed by atoms with Crippen LogP contribution < -0.4 is 5.73 Å². The second kappa shape index (κ2) is 7.62. The number of ether oxygens (including phenoxy) is 1. The van der Waals surface area contributed by atoms with Crippen molar-refractivity contribution >= 4 is 28.7 Å². The van der Waals surface area contributed by atoms with Gasteiger partial charge in [-0.3, -0.25) is 4.57 Å². The minimum absolute atomic E-state index is 0.183. The predicted molar refractivity (Wildman–Crippen MR) is 89.3 cm³/mol. The van der Waals surface area contributed by atoms with Crippen LogP contribution in [0.2, 0.25) is 0 Å². The Morgan fingerprint density at radius 1 is 1.21 bits per heavy atom. The number of imidazole rings is 1. The summed E-state index contributed by atoms with van der Waals surface area (Å²) in [5, 5.41) is 29.3. The van der Waals surface area contributed by atoms with Crippen LogP contribution in [0.5, 0.6) is 0 Å². The fourth-order valence-corrected chi connectivity index (χ4v) is 3.75. The van der Waals surface area contributed by atoms with E-state index in [1.54, 1.807) is 16.3 Å². The van der Waals surface area contributed by atoms with Gasteiger partial charge in [0, 0.05) is 12.4 Å². The van der Waals surface area contributed by atoms with Gasteiger partial charge in [-0.15, -0.1) is 0 Å². The SMILES string of the molecule is Nc1ncnc2c1ncn2[C@@H]1O[C@H](CSCCCCO)[C@@H](O)[C@H]1O. The molecule has 10 heteroatoms. The standard InChI is InChI=1S/C14H21N5O4S/c15-12-9-13(17-6-16-12)19(7-18-9)14-11(22)10(21)8(23-14)5-24-4-2-1-3-20/h6-8,10-11,14,20-22H,1-5H2,(H2,15,16,17)/t8-,10-,11-,14-/m1/s1. The molecule has 0 amide bonds. The number of thioether (sulfide) groups is 1. The molecule has 0 bridgehead atoms. The molecular formula is C14H21N5O4S. The maximum absolute atomic E-state index is 10.3. The maximum Gasteiger partial charge on any atom is 0.167 e. The van der Waals surface area contributed by atoms with Crippen molar-refractivity contribution in [3.63, 3.8) is 0 Å². The highest BCUT2D eigenvalue weighted by Gasteiger charge is 2.44. The van der Waals surface area contributed by atoms with Crippen molar-refractivity contribution in [2.45, 2.75) is 37.4 Å². The number of hydrogen-bond donors (Lipinski definition) is 4. The summed E-state index contributed by atoms with van der Waals surface area (Å²) in [6.45, 7) is 0.183. The number of aliphatic hydroxyl groups is 3. The molecule has 0 spiro atoms. The van der Waals surface area contributed by atoms with Crippen LogP contribution in [0.1, 0.15) is 19.1 Å². The monoisotopic (exact) mass is 355 g/mol. The van der Waals surface area contributed by atoms with E-state index >= 15 is 0 Å². The van der Waals surface area contributed by atoms with E-state index in [1.165, 1.54) is 12.7 Å². The molecule has 4 atom stereocenters. The molecule has 24 heavy (non-hydrogen) atoms. The normalized spacial score (nSPS) is 27.1. The van der Waals surface area contributed by atoms with Gasteiger partial charge in [0.2, 0.25) is 0 Å². The quantitative estimate of drug-likeness (QED) is 0.485. The van der Waals surface area contributed by atoms with Crippen molar-refractivity contribution in [2.24, 2.45) is 0 Å². The van der Waals surface area contributed by atoms with Gasteiger partial charge in [0.25, 0.3) is 0 Å². The number of anilines is 1. The lowest BCUT2D eigenvalue weighted by Crippen LogP contribution is -2.32. The molecule has 0 aromatic carbocycles. The molecule has 0 radical (unpaired) electrons. The molecule has 132 valence electrons. The lowest BCUT2D eigenvalue weighted by atomic mass is 10.1. The first-order valence-corrected chi connectivity index (χ1v) is 8.92. The number of hydrogen-bond acceptors (Lipinski definition) is 9. The first-order chi connectivity index (χ1) is 11.6. The highest BCUT2D eigenvalue weighted by Crippen LogP contribution is 2.33. The van der Waals surface area contributed by atoms with Gasteiger partial charge in [0.15, 0.2) is 17.7 Å². The van der Waals surface area contributed by atoms with Gasteiger partial charge in [-0.1, -0.05) is 0 Å². The molecule has 3 heterocycles. The van der Waals surface area contributed by atoms with E-state index in [0.29, 0.717) is 16.9 Å². The Bertz CT molecular complexity index is 684. The van der Waals surface area contributed by atoms with E-state index in [1.807, 2.05) is 0 Å². The van der Waals surface area contributed by atoms with Crippen molar-refractivity contribution in [3.8, 4) is 0 Å². The number of fused-ring (bicyclic) bond motifs is 1. The highest BCUT2D eigenvalue weighted by atomic mass is 32.2. The van der Waals surface area contributed by atoms with Gasteiger partial charge in [-0.2, -0.15) is 11.8 Å². The summed E-state index contributed by atoms with van der Waals surface area (Å²) in [5.41, 5.74) is 6.65. The topological polar surface area (TPSA) is 140 Å². The van der Waals surface area contributed by atoms with Crippen molar-refractivity contribution in [2.75, 3.05) is 23.8 Å². The van der Waals surface area contributed by atoms with Crippen LogP contribution in [0.15, 0.2) is 12.7 Å². The first-order valence-electron chi connectivity index (χ1n) is 7.76. The molecule has 1 fully saturated rings. The van der Waals surface area contributed by atoms with Gasteiger partial charge in [0.1, 0.15) is 24.1 Å². The molecule has 0 aliphatic carbocycles. The summed E-state index contributed by atoms with van der Waals surface area (Å²) in [4.78, 5) is 12.2. The molecular weight excluding hydrogens is 334 g/mol. The Labute approximate surface area is 142 Å². The third-order valence-electron chi connectivity index (χ3n) is 3.98. The van der Waals surface area contributed by atoms with Crippen LogP contribution >= 0.6 is 11.8 Å². The molecule has 2 aromatic rings. The molecule has 2 aromatic heterocycles. The second-order valence-electron chi connectivity index (χ2n) is 5.63. The summed E-state index contributed by atoms with van der Waals surface area (Å²) >= 11 is 1.62. The van der Waals surface area contributed by atoms with Crippen LogP contribution in [0.3, 0.4) is 0 Å². The van der Waals surface area contributed by atoms with Crippen LogP contribution in [0.4, 0.5) is 5.82 Å². The lowest BCUT2D eigenvalue weighted by molar-refractivity contribution is -0.0289. The third kappa shape index (κ3) is 3.33. The third-order valence-corrected chi connectivity index (χ3v) is 5.12. The van der Waals surface area contributed by atoms with E-state index in [4.69, 9.17) is 15.6 Å². The zero-order chi connectivity index (χ0) is 17.1. The lowest BCUT2D eigenvalue weighted by Gasteiger charge is -2.16. The highest BCUT2D eigenvalue weighted by molar-refractivity contribution is 7.99. The number of nitrogens with zero attached hydrogens (tertiary/aromatic N) is 4. The second-order valence-corrected chi connectivity index (χ2v) is 6.78. The van der Waals surface area contributed by atoms with Gasteiger partial charge >= 0.3 is 0 Å². The van der Waals surface area contributed by atoms with E-state index in [2.05, 4.69) is 15.0 Å². The Kier molecular flexibility index (Phi) is 5.51.